The Morgan fingerprint density at radius 3 is 2.73 bits per heavy atom. The van der Waals surface area contributed by atoms with Crippen LogP contribution in [0.4, 0.5) is 24.9 Å². The molecule has 0 spiro atoms. The summed E-state index contributed by atoms with van der Waals surface area (Å²) in [6, 6.07) is 6.64. The van der Waals surface area contributed by atoms with Crippen LogP contribution in [-0.4, -0.2) is 37.3 Å². The van der Waals surface area contributed by atoms with Crippen LogP contribution in [0.5, 0.6) is 0 Å². The largest absolute Gasteiger partial charge is 0.416 e. The van der Waals surface area contributed by atoms with Gasteiger partial charge < -0.3 is 10.2 Å². The van der Waals surface area contributed by atoms with Crippen molar-refractivity contribution in [3.8, 4) is 0 Å². The Labute approximate surface area is 170 Å². The van der Waals surface area contributed by atoms with Crippen molar-refractivity contribution in [1.29, 1.82) is 0 Å². The molecular formula is C20H17F3N6O. The summed E-state index contributed by atoms with van der Waals surface area (Å²) in [6.45, 7) is 0.584. The minimum atomic E-state index is -4.47. The van der Waals surface area contributed by atoms with Gasteiger partial charge in [0.2, 0.25) is 5.95 Å². The Balaban J connectivity index is 1.55. The maximum Gasteiger partial charge on any atom is 0.416 e. The lowest BCUT2D eigenvalue weighted by molar-refractivity contribution is -0.137. The van der Waals surface area contributed by atoms with Gasteiger partial charge in [-0.25, -0.2) is 15.0 Å². The van der Waals surface area contributed by atoms with E-state index >= 15 is 0 Å². The molecule has 0 bridgehead atoms. The second-order valence-electron chi connectivity index (χ2n) is 6.76. The third-order valence-electron chi connectivity index (χ3n) is 4.77. The van der Waals surface area contributed by atoms with E-state index in [2.05, 4.69) is 25.3 Å². The number of nitrogens with zero attached hydrogens (tertiary/aromatic N) is 5. The molecule has 30 heavy (non-hydrogen) atoms. The van der Waals surface area contributed by atoms with E-state index in [0.717, 1.165) is 31.2 Å². The topological polar surface area (TPSA) is 83.9 Å². The maximum atomic E-state index is 12.9. The van der Waals surface area contributed by atoms with Crippen LogP contribution in [0.25, 0.3) is 0 Å². The summed E-state index contributed by atoms with van der Waals surface area (Å²) < 4.78 is 38.7. The van der Waals surface area contributed by atoms with E-state index in [1.165, 1.54) is 12.4 Å². The number of hydrogen-bond donors (Lipinski definition) is 1. The summed E-state index contributed by atoms with van der Waals surface area (Å²) in [7, 11) is 0. The van der Waals surface area contributed by atoms with Crippen LogP contribution in [0, 0.1) is 0 Å². The molecule has 0 radical (unpaired) electrons. The Kier molecular flexibility index (Phi) is 5.30. The lowest BCUT2D eigenvalue weighted by atomic mass is 10.1. The lowest BCUT2D eigenvalue weighted by Gasteiger charge is -2.24. The van der Waals surface area contributed by atoms with Crippen molar-refractivity contribution in [2.24, 2.45) is 0 Å². The highest BCUT2D eigenvalue weighted by Gasteiger charge is 2.32. The van der Waals surface area contributed by atoms with Gasteiger partial charge in [0.25, 0.3) is 5.91 Å². The molecule has 4 heterocycles. The zero-order valence-corrected chi connectivity index (χ0v) is 15.7. The van der Waals surface area contributed by atoms with Crippen LogP contribution in [-0.2, 0) is 6.18 Å². The van der Waals surface area contributed by atoms with Crippen LogP contribution in [0.3, 0.4) is 0 Å². The molecule has 3 aromatic rings. The lowest BCUT2D eigenvalue weighted by Crippen LogP contribution is -2.31. The third kappa shape index (κ3) is 4.22. The van der Waals surface area contributed by atoms with Gasteiger partial charge in [0.15, 0.2) is 0 Å². The smallest absolute Gasteiger partial charge is 0.330 e. The fourth-order valence-corrected chi connectivity index (χ4v) is 3.38. The average molecular weight is 414 g/mol. The van der Waals surface area contributed by atoms with E-state index in [-0.39, 0.29) is 23.7 Å². The first-order valence-electron chi connectivity index (χ1n) is 9.26. The number of anilines is 2. The molecule has 1 fully saturated rings. The van der Waals surface area contributed by atoms with Crippen LogP contribution in [0.2, 0.25) is 0 Å². The van der Waals surface area contributed by atoms with Gasteiger partial charge in [-0.3, -0.25) is 9.78 Å². The van der Waals surface area contributed by atoms with Crippen molar-refractivity contribution >= 4 is 17.7 Å². The summed E-state index contributed by atoms with van der Waals surface area (Å²) in [6.07, 6.45) is 2.76. The molecule has 1 amide bonds. The van der Waals surface area contributed by atoms with E-state index in [1.54, 1.807) is 29.3 Å². The molecule has 4 rings (SSSR count). The van der Waals surface area contributed by atoms with Gasteiger partial charge >= 0.3 is 6.18 Å². The zero-order chi connectivity index (χ0) is 21.1. The van der Waals surface area contributed by atoms with Crippen LogP contribution >= 0.6 is 0 Å². The van der Waals surface area contributed by atoms with Gasteiger partial charge in [-0.15, -0.1) is 0 Å². The molecular weight excluding hydrogens is 397 g/mol. The maximum absolute atomic E-state index is 12.9. The van der Waals surface area contributed by atoms with E-state index in [9.17, 15) is 18.0 Å². The van der Waals surface area contributed by atoms with Gasteiger partial charge in [-0.1, -0.05) is 0 Å². The predicted molar refractivity (Wildman–Crippen MR) is 102 cm³/mol. The van der Waals surface area contributed by atoms with Crippen molar-refractivity contribution in [1.82, 2.24) is 24.8 Å². The Morgan fingerprint density at radius 1 is 1.13 bits per heavy atom. The summed E-state index contributed by atoms with van der Waals surface area (Å²) >= 11 is 0. The number of carbonyl (C=O) groups excluding carboxylic acids is 1. The van der Waals surface area contributed by atoms with Crippen LogP contribution in [0.1, 0.15) is 40.5 Å². The monoisotopic (exact) mass is 414 g/mol. The van der Waals surface area contributed by atoms with Crippen LogP contribution < -0.4 is 5.32 Å². The molecule has 10 heteroatoms. The number of aromatic nitrogens is 4. The highest BCUT2D eigenvalue weighted by Crippen LogP contribution is 2.33. The van der Waals surface area contributed by atoms with E-state index in [0.29, 0.717) is 17.8 Å². The zero-order valence-electron chi connectivity index (χ0n) is 15.7. The fourth-order valence-electron chi connectivity index (χ4n) is 3.38. The van der Waals surface area contributed by atoms with Crippen molar-refractivity contribution in [3.63, 3.8) is 0 Å². The highest BCUT2D eigenvalue weighted by molar-refractivity contribution is 5.94. The van der Waals surface area contributed by atoms with Crippen molar-refractivity contribution < 1.29 is 18.0 Å². The quantitative estimate of drug-likeness (QED) is 0.695. The molecule has 1 N–H and O–H groups in total. The molecule has 0 aromatic carbocycles. The molecule has 1 saturated heterocycles. The van der Waals surface area contributed by atoms with Crippen molar-refractivity contribution in [2.75, 3.05) is 11.9 Å². The van der Waals surface area contributed by atoms with Gasteiger partial charge in [-0.05, 0) is 43.2 Å². The summed E-state index contributed by atoms with van der Waals surface area (Å²) in [4.78, 5) is 30.9. The predicted octanol–water partition coefficient (Wildman–Crippen LogP) is 4.01. The molecule has 1 atom stereocenters. The Hall–Kier alpha value is -3.56. The minimum absolute atomic E-state index is 0.0170. The fraction of sp³-hybridized carbons (Fsp3) is 0.250. The highest BCUT2D eigenvalue weighted by atomic mass is 19.4. The molecule has 3 aromatic heterocycles. The number of carbonyl (C=O) groups is 1. The molecule has 0 unspecified atom stereocenters. The van der Waals surface area contributed by atoms with Gasteiger partial charge in [0.1, 0.15) is 5.82 Å². The number of likely N-dealkylation sites (tertiary alicyclic amines) is 1. The molecule has 0 aliphatic carbocycles. The number of pyridine rings is 2. The molecule has 0 saturated carbocycles. The van der Waals surface area contributed by atoms with Gasteiger partial charge in [0, 0.05) is 31.3 Å². The minimum Gasteiger partial charge on any atom is -0.330 e. The summed E-state index contributed by atoms with van der Waals surface area (Å²) in [5, 5.41) is 2.71. The van der Waals surface area contributed by atoms with Gasteiger partial charge in [0.05, 0.1) is 22.9 Å². The third-order valence-corrected chi connectivity index (χ3v) is 4.77. The molecule has 154 valence electrons. The summed E-state index contributed by atoms with van der Waals surface area (Å²) in [5.74, 6) is -0.0463. The molecule has 7 nitrogen and oxygen atoms in total. The molecule has 1 aliphatic rings. The normalized spacial score (nSPS) is 16.5. The molecule has 1 aliphatic heterocycles. The van der Waals surface area contributed by atoms with Crippen molar-refractivity contribution in [3.05, 3.63) is 71.9 Å². The number of hydrogen-bond acceptors (Lipinski definition) is 6. The number of halogens is 3. The number of rotatable bonds is 4. The SMILES string of the molecule is O=C(c1cccnc1)N1CCC[C@H]1c1ccnc(Nc2cc(C(F)(F)F)ccn2)n1. The second-order valence-corrected chi connectivity index (χ2v) is 6.76. The standard InChI is InChI=1S/C20H17F3N6O/c21-20(22,23)14-5-8-25-17(11-14)28-19-26-9-6-15(27-19)16-4-2-10-29(16)18(30)13-3-1-7-24-12-13/h1,3,5-9,11-12,16H,2,4,10H2,(H,25,26,27,28)/t16-/m0/s1. The second kappa shape index (κ2) is 8.05. The first-order chi connectivity index (χ1) is 14.4. The number of nitrogens with one attached hydrogen (secondary N) is 1. The van der Waals surface area contributed by atoms with E-state index in [4.69, 9.17) is 0 Å². The first kappa shape index (κ1) is 19.7. The van der Waals surface area contributed by atoms with E-state index in [1.807, 2.05) is 0 Å². The summed E-state index contributed by atoms with van der Waals surface area (Å²) in [5.41, 5.74) is 0.277. The number of amides is 1. The van der Waals surface area contributed by atoms with Crippen molar-refractivity contribution in [2.45, 2.75) is 25.1 Å². The Bertz CT molecular complexity index is 1040. The van der Waals surface area contributed by atoms with Crippen LogP contribution in [0.15, 0.2) is 55.1 Å². The Morgan fingerprint density at radius 2 is 1.97 bits per heavy atom. The van der Waals surface area contributed by atoms with E-state index < -0.39 is 11.7 Å². The first-order valence-corrected chi connectivity index (χ1v) is 9.26. The number of alkyl halides is 3. The van der Waals surface area contributed by atoms with Gasteiger partial charge in [-0.2, -0.15) is 13.2 Å². The average Bonchev–Trinajstić information content (AvgIpc) is 3.24.